The van der Waals surface area contributed by atoms with Crippen LogP contribution < -0.4 is 4.90 Å². The fourth-order valence-electron chi connectivity index (χ4n) is 5.23. The van der Waals surface area contributed by atoms with Gasteiger partial charge in [0, 0.05) is 46.5 Å². The Hall–Kier alpha value is -4.05. The van der Waals surface area contributed by atoms with Crippen molar-refractivity contribution in [2.45, 2.75) is 5.41 Å². The summed E-state index contributed by atoms with van der Waals surface area (Å²) in [5, 5.41) is 14.1. The Kier molecular flexibility index (Phi) is 3.57. The number of aromatic nitrogens is 1. The summed E-state index contributed by atoms with van der Waals surface area (Å²) in [5.74, 6) is 0.0348. The Bertz CT molecular complexity index is 1500. The van der Waals surface area contributed by atoms with Crippen molar-refractivity contribution < 1.29 is 9.90 Å². The highest BCUT2D eigenvalue weighted by molar-refractivity contribution is 6.17. The van der Waals surface area contributed by atoms with Gasteiger partial charge in [0.1, 0.15) is 11.2 Å². The molecule has 1 aliphatic heterocycles. The summed E-state index contributed by atoms with van der Waals surface area (Å²) in [6.45, 7) is 0. The molecule has 0 spiro atoms. The summed E-state index contributed by atoms with van der Waals surface area (Å²) < 4.78 is 0. The molecular weight excluding hydrogens is 384 g/mol. The number of carbonyl (C=O) groups is 1. The van der Waals surface area contributed by atoms with Crippen LogP contribution in [-0.2, 0) is 10.2 Å². The maximum atomic E-state index is 14.2. The molecule has 1 atom stereocenters. The zero-order chi connectivity index (χ0) is 21.2. The third-order valence-electron chi connectivity index (χ3n) is 6.57. The zero-order valence-corrected chi connectivity index (χ0v) is 17.0. The highest BCUT2D eigenvalue weighted by Gasteiger charge is 2.55. The second-order valence-corrected chi connectivity index (χ2v) is 8.06. The van der Waals surface area contributed by atoms with Crippen molar-refractivity contribution in [2.75, 3.05) is 11.9 Å². The first-order valence-electron chi connectivity index (χ1n) is 10.3. The first-order valence-corrected chi connectivity index (χ1v) is 10.3. The number of hydrogen-bond donors (Lipinski definition) is 2. The number of aromatic hydroxyl groups is 1. The van der Waals surface area contributed by atoms with Crippen LogP contribution in [0.2, 0.25) is 0 Å². The number of phenolic OH excluding ortho intramolecular Hbond substituents is 1. The summed E-state index contributed by atoms with van der Waals surface area (Å²) in [4.78, 5) is 19.3. The van der Waals surface area contributed by atoms with Crippen molar-refractivity contribution in [1.82, 2.24) is 4.98 Å². The van der Waals surface area contributed by atoms with Crippen molar-refractivity contribution in [2.24, 2.45) is 0 Å². The summed E-state index contributed by atoms with van der Waals surface area (Å²) in [7, 11) is 1.81. The van der Waals surface area contributed by atoms with Crippen LogP contribution in [-0.4, -0.2) is 23.0 Å². The van der Waals surface area contributed by atoms with Gasteiger partial charge in [0.25, 0.3) is 0 Å². The van der Waals surface area contributed by atoms with Gasteiger partial charge in [0.2, 0.25) is 5.91 Å². The number of phenols is 1. The second kappa shape index (κ2) is 6.22. The highest BCUT2D eigenvalue weighted by Crippen LogP contribution is 2.55. The van der Waals surface area contributed by atoms with Crippen molar-refractivity contribution >= 4 is 33.3 Å². The molecule has 2 heterocycles. The number of hydrogen-bond acceptors (Lipinski definition) is 2. The fraction of sp³-hybridized carbons (Fsp3) is 0.0741. The van der Waals surface area contributed by atoms with E-state index in [9.17, 15) is 9.90 Å². The predicted octanol–water partition coefficient (Wildman–Crippen LogP) is 5.34. The Labute approximate surface area is 179 Å². The fourth-order valence-corrected chi connectivity index (χ4v) is 5.23. The number of carbonyl (C=O) groups excluding carboxylic acids is 1. The van der Waals surface area contributed by atoms with Crippen molar-refractivity contribution in [3.05, 3.63) is 108 Å². The van der Waals surface area contributed by atoms with Crippen LogP contribution in [0, 0.1) is 0 Å². The second-order valence-electron chi connectivity index (χ2n) is 8.06. The number of benzene rings is 4. The number of anilines is 1. The van der Waals surface area contributed by atoms with Crippen molar-refractivity contribution in [3.8, 4) is 5.75 Å². The van der Waals surface area contributed by atoms with Gasteiger partial charge < -0.3 is 15.0 Å². The van der Waals surface area contributed by atoms with E-state index in [1.165, 1.54) is 0 Å². The molecule has 0 saturated heterocycles. The number of nitrogens with one attached hydrogen (secondary N) is 1. The Morgan fingerprint density at radius 3 is 2.39 bits per heavy atom. The zero-order valence-electron chi connectivity index (χ0n) is 17.0. The molecule has 150 valence electrons. The molecule has 2 N–H and O–H groups in total. The van der Waals surface area contributed by atoms with Gasteiger partial charge in [-0.2, -0.15) is 0 Å². The first-order chi connectivity index (χ1) is 15.1. The average Bonchev–Trinajstić information content (AvgIpc) is 3.33. The molecule has 0 aliphatic carbocycles. The van der Waals surface area contributed by atoms with E-state index >= 15 is 0 Å². The Balaban J connectivity index is 1.86. The lowest BCUT2D eigenvalue weighted by Gasteiger charge is -2.31. The first kappa shape index (κ1) is 17.8. The molecule has 4 aromatic carbocycles. The van der Waals surface area contributed by atoms with Gasteiger partial charge in [-0.1, -0.05) is 66.7 Å². The number of likely N-dealkylation sites (N-methyl/N-ethyl adjacent to an activating group) is 1. The summed E-state index contributed by atoms with van der Waals surface area (Å²) in [6, 6.07) is 27.3. The maximum absolute atomic E-state index is 14.2. The van der Waals surface area contributed by atoms with Crippen molar-refractivity contribution in [3.63, 3.8) is 0 Å². The van der Waals surface area contributed by atoms with Gasteiger partial charge in [-0.15, -0.1) is 0 Å². The minimum atomic E-state index is -1.17. The van der Waals surface area contributed by atoms with Crippen LogP contribution >= 0.6 is 0 Å². The number of H-pyrrole nitrogens is 1. The van der Waals surface area contributed by atoms with E-state index in [1.54, 1.807) is 18.0 Å². The molecule has 1 aromatic heterocycles. The molecule has 4 heteroatoms. The lowest BCUT2D eigenvalue weighted by Crippen LogP contribution is -2.40. The van der Waals surface area contributed by atoms with Gasteiger partial charge in [-0.05, 0) is 29.0 Å². The largest absolute Gasteiger partial charge is 0.508 e. The number of amides is 1. The summed E-state index contributed by atoms with van der Waals surface area (Å²) in [5.41, 5.74) is 2.98. The number of aromatic amines is 1. The topological polar surface area (TPSA) is 56.3 Å². The minimum Gasteiger partial charge on any atom is -0.508 e. The number of fused-ring (bicyclic) bond motifs is 3. The summed E-state index contributed by atoms with van der Waals surface area (Å²) in [6.07, 6.45) is 1.92. The van der Waals surface area contributed by atoms with Crippen LogP contribution in [0.5, 0.6) is 5.75 Å². The molecule has 0 saturated carbocycles. The van der Waals surface area contributed by atoms with Crippen LogP contribution in [0.4, 0.5) is 5.69 Å². The molecule has 5 aromatic rings. The third-order valence-corrected chi connectivity index (χ3v) is 6.57. The lowest BCUT2D eigenvalue weighted by molar-refractivity contribution is -0.120. The number of rotatable bonds is 2. The Morgan fingerprint density at radius 1 is 0.806 bits per heavy atom. The monoisotopic (exact) mass is 404 g/mol. The van der Waals surface area contributed by atoms with Crippen LogP contribution in [0.1, 0.15) is 16.7 Å². The van der Waals surface area contributed by atoms with Gasteiger partial charge in [0.05, 0.1) is 0 Å². The molecular formula is C27H20N2O2. The van der Waals surface area contributed by atoms with Crippen LogP contribution in [0.25, 0.3) is 21.7 Å². The van der Waals surface area contributed by atoms with E-state index in [4.69, 9.17) is 0 Å². The quantitative estimate of drug-likeness (QED) is 0.417. The molecule has 4 nitrogen and oxygen atoms in total. The van der Waals surface area contributed by atoms with E-state index in [2.05, 4.69) is 4.98 Å². The third kappa shape index (κ3) is 2.16. The van der Waals surface area contributed by atoms with Crippen molar-refractivity contribution in [1.29, 1.82) is 0 Å². The Morgan fingerprint density at radius 2 is 1.52 bits per heavy atom. The van der Waals surface area contributed by atoms with Crippen LogP contribution in [0.3, 0.4) is 0 Å². The lowest BCUT2D eigenvalue weighted by atomic mass is 9.68. The highest BCUT2D eigenvalue weighted by atomic mass is 16.3. The molecule has 0 fully saturated rings. The molecule has 31 heavy (non-hydrogen) atoms. The van der Waals surface area contributed by atoms with E-state index < -0.39 is 5.41 Å². The number of nitrogens with zero attached hydrogens (tertiary/aromatic N) is 1. The van der Waals surface area contributed by atoms with E-state index in [-0.39, 0.29) is 11.7 Å². The van der Waals surface area contributed by atoms with E-state index in [1.807, 2.05) is 85.1 Å². The SMILES string of the molecule is CN1C(=O)C(c2c(O)ccc3ccccc23)(c2c[nH]c3ccccc23)c2ccccc21. The molecule has 1 unspecified atom stereocenters. The molecule has 0 radical (unpaired) electrons. The van der Waals surface area contributed by atoms with E-state index in [0.717, 1.165) is 38.5 Å². The standard InChI is InChI=1S/C27H20N2O2/c1-29-23-13-7-5-11-20(23)27(26(29)31,21-16-28-22-12-6-4-10-19(21)22)25-18-9-3-2-8-17(18)14-15-24(25)30/h2-16,28,30H,1H3. The van der Waals surface area contributed by atoms with Gasteiger partial charge >= 0.3 is 0 Å². The predicted molar refractivity (Wildman–Crippen MR) is 124 cm³/mol. The minimum absolute atomic E-state index is 0.0786. The smallest absolute Gasteiger partial charge is 0.246 e. The van der Waals surface area contributed by atoms with Crippen LogP contribution in [0.15, 0.2) is 91.1 Å². The average molecular weight is 404 g/mol. The number of para-hydroxylation sites is 2. The van der Waals surface area contributed by atoms with Gasteiger partial charge in [0.15, 0.2) is 0 Å². The molecule has 1 amide bonds. The summed E-state index contributed by atoms with van der Waals surface area (Å²) >= 11 is 0. The van der Waals surface area contributed by atoms with Gasteiger partial charge in [-0.25, -0.2) is 0 Å². The maximum Gasteiger partial charge on any atom is 0.246 e. The molecule has 1 aliphatic rings. The molecule has 6 rings (SSSR count). The molecule has 0 bridgehead atoms. The van der Waals surface area contributed by atoms with E-state index in [0.29, 0.717) is 5.56 Å². The normalized spacial score (nSPS) is 18.1. The van der Waals surface area contributed by atoms with Gasteiger partial charge in [-0.3, -0.25) is 4.79 Å².